The number of ether oxygens (including phenoxy) is 1. The van der Waals surface area contributed by atoms with Crippen molar-refractivity contribution in [2.24, 2.45) is 0 Å². The van der Waals surface area contributed by atoms with E-state index < -0.39 is 24.5 Å². The van der Waals surface area contributed by atoms with Gasteiger partial charge in [0.1, 0.15) is 19.0 Å². The van der Waals surface area contributed by atoms with E-state index in [1.165, 1.54) is 19.1 Å². The first-order valence-corrected chi connectivity index (χ1v) is 13.3. The van der Waals surface area contributed by atoms with Crippen LogP contribution in [0.5, 0.6) is 5.88 Å². The van der Waals surface area contributed by atoms with Crippen LogP contribution >= 0.6 is 11.6 Å². The highest BCUT2D eigenvalue weighted by Gasteiger charge is 2.34. The fraction of sp³-hybridized carbons (Fsp3) is 0.345. The molecule has 1 N–H and O–H groups in total. The highest BCUT2D eigenvalue weighted by Crippen LogP contribution is 2.31. The molecule has 0 amide bonds. The quantitative estimate of drug-likeness (QED) is 0.265. The van der Waals surface area contributed by atoms with Crippen LogP contribution in [0, 0.1) is 12.7 Å². The van der Waals surface area contributed by atoms with Crippen molar-refractivity contribution in [2.45, 2.75) is 38.5 Å². The maximum atomic E-state index is 14.1. The van der Waals surface area contributed by atoms with Gasteiger partial charge in [-0.05, 0) is 57.1 Å². The molecule has 4 rings (SSSR count). The average Bonchev–Trinajstić information content (AvgIpc) is 2.91. The Bertz CT molecular complexity index is 1410. The van der Waals surface area contributed by atoms with Gasteiger partial charge in [0.15, 0.2) is 0 Å². The fourth-order valence-corrected chi connectivity index (χ4v) is 4.88. The van der Waals surface area contributed by atoms with Crippen molar-refractivity contribution >= 4 is 23.3 Å². The van der Waals surface area contributed by atoms with Gasteiger partial charge in [-0.3, -0.25) is 9.88 Å². The molecule has 0 atom stereocenters. The lowest BCUT2D eigenvalue weighted by Gasteiger charge is -2.35. The molecule has 0 spiro atoms. The highest BCUT2D eigenvalue weighted by molar-refractivity contribution is 6.30. The molecule has 12 heteroatoms. The van der Waals surface area contributed by atoms with Gasteiger partial charge in [0.05, 0.1) is 16.9 Å². The number of likely N-dealkylation sites (tertiary alicyclic amines) is 1. The Labute approximate surface area is 240 Å². The number of hydrogen-bond donors (Lipinski definition) is 1. The van der Waals surface area contributed by atoms with E-state index in [4.69, 9.17) is 16.3 Å². The number of benzene rings is 1. The van der Waals surface area contributed by atoms with Crippen molar-refractivity contribution < 1.29 is 32.2 Å². The molecule has 0 radical (unpaired) electrons. The second-order valence-electron chi connectivity index (χ2n) is 9.88. The summed E-state index contributed by atoms with van der Waals surface area (Å²) in [7, 11) is 0. The maximum absolute atomic E-state index is 14.1. The summed E-state index contributed by atoms with van der Waals surface area (Å²) in [5.74, 6) is -1.26. The van der Waals surface area contributed by atoms with E-state index in [0.29, 0.717) is 42.4 Å². The lowest BCUT2D eigenvalue weighted by molar-refractivity contribution is -0.119. The Morgan fingerprint density at radius 1 is 1.22 bits per heavy atom. The number of anilines is 1. The number of carboxylic acids is 1. The van der Waals surface area contributed by atoms with Crippen LogP contribution < -0.4 is 9.64 Å². The number of aryl methyl sites for hydroxylation is 1. The molecule has 1 saturated heterocycles. The summed E-state index contributed by atoms with van der Waals surface area (Å²) >= 11 is 5.80. The zero-order chi connectivity index (χ0) is 29.7. The topological polar surface area (TPSA) is 78.8 Å². The maximum Gasteiger partial charge on any atom is 0.406 e. The standard InChI is InChI=1S/C29H29ClF4N4O3/c1-18(38(17-29(32,33)34)26-12-22(28(39)40)14-35-19(26)2)15-37-10-8-20(9-11-37)25-4-3-5-27(36-25)41-16-21-6-7-23(30)13-24(21)31/h3-7,12-14,20H,1,8-11,15-17H2,2H3,(H,39,40). The van der Waals surface area contributed by atoms with Crippen molar-refractivity contribution in [1.29, 1.82) is 0 Å². The Morgan fingerprint density at radius 2 is 1.95 bits per heavy atom. The number of nitrogens with zero attached hydrogens (tertiary/aromatic N) is 4. The first-order chi connectivity index (χ1) is 19.4. The lowest BCUT2D eigenvalue weighted by Crippen LogP contribution is -2.41. The molecule has 0 unspecified atom stereocenters. The number of aromatic nitrogens is 2. The molecule has 1 aliphatic heterocycles. The smallest absolute Gasteiger partial charge is 0.406 e. The SMILES string of the molecule is C=C(CN1CCC(c2cccc(OCc3ccc(Cl)cc3F)n2)CC1)N(CC(F)(F)F)c1cc(C(=O)O)cnc1C. The third kappa shape index (κ3) is 8.17. The summed E-state index contributed by atoms with van der Waals surface area (Å²) in [4.78, 5) is 23.0. The number of pyridine rings is 2. The zero-order valence-corrected chi connectivity index (χ0v) is 23.1. The second kappa shape index (κ2) is 12.9. The van der Waals surface area contributed by atoms with Gasteiger partial charge in [-0.1, -0.05) is 30.3 Å². The normalized spacial score (nSPS) is 14.6. The lowest BCUT2D eigenvalue weighted by atomic mass is 9.93. The Balaban J connectivity index is 1.38. The number of carbonyl (C=O) groups is 1. The van der Waals surface area contributed by atoms with Gasteiger partial charge in [0.25, 0.3) is 0 Å². The van der Waals surface area contributed by atoms with Crippen molar-refractivity contribution in [1.82, 2.24) is 14.9 Å². The van der Waals surface area contributed by atoms with Crippen LogP contribution in [0.4, 0.5) is 23.2 Å². The number of halogens is 5. The minimum atomic E-state index is -4.54. The molecule has 0 bridgehead atoms. The molecule has 0 saturated carbocycles. The van der Waals surface area contributed by atoms with Crippen LogP contribution in [0.15, 0.2) is 60.9 Å². The van der Waals surface area contributed by atoms with E-state index in [9.17, 15) is 27.5 Å². The van der Waals surface area contributed by atoms with Gasteiger partial charge >= 0.3 is 12.1 Å². The summed E-state index contributed by atoms with van der Waals surface area (Å²) in [5.41, 5.74) is 1.49. The van der Waals surface area contributed by atoms with Gasteiger partial charge in [-0.25, -0.2) is 14.2 Å². The summed E-state index contributed by atoms with van der Waals surface area (Å²) in [6.07, 6.45) is -2.00. The molecule has 0 aliphatic carbocycles. The summed E-state index contributed by atoms with van der Waals surface area (Å²) < 4.78 is 60.3. The van der Waals surface area contributed by atoms with Crippen molar-refractivity contribution in [3.63, 3.8) is 0 Å². The van der Waals surface area contributed by atoms with E-state index in [-0.39, 0.29) is 41.7 Å². The van der Waals surface area contributed by atoms with E-state index in [1.54, 1.807) is 18.2 Å². The predicted molar refractivity (Wildman–Crippen MR) is 147 cm³/mol. The summed E-state index contributed by atoms with van der Waals surface area (Å²) in [6, 6.07) is 11.0. The number of carboxylic acid groups (broad SMARTS) is 1. The Kier molecular flexibility index (Phi) is 9.49. The molecule has 1 aromatic carbocycles. The molecular weight excluding hydrogens is 564 g/mol. The summed E-state index contributed by atoms with van der Waals surface area (Å²) in [5, 5.41) is 9.61. The molecule has 1 fully saturated rings. The van der Waals surface area contributed by atoms with Crippen LogP contribution in [0.25, 0.3) is 0 Å². The number of hydrogen-bond acceptors (Lipinski definition) is 6. The Morgan fingerprint density at radius 3 is 2.61 bits per heavy atom. The molecule has 7 nitrogen and oxygen atoms in total. The monoisotopic (exact) mass is 592 g/mol. The highest BCUT2D eigenvalue weighted by atomic mass is 35.5. The first kappa shape index (κ1) is 30.3. The molecule has 3 aromatic rings. The molecule has 3 heterocycles. The van der Waals surface area contributed by atoms with E-state index in [1.807, 2.05) is 17.0 Å². The minimum Gasteiger partial charge on any atom is -0.478 e. The molecule has 218 valence electrons. The number of rotatable bonds is 10. The second-order valence-corrected chi connectivity index (χ2v) is 10.3. The first-order valence-electron chi connectivity index (χ1n) is 12.9. The van der Waals surface area contributed by atoms with Gasteiger partial charge in [0.2, 0.25) is 5.88 Å². The van der Waals surface area contributed by atoms with E-state index >= 15 is 0 Å². The van der Waals surface area contributed by atoms with Crippen LogP contribution in [-0.4, -0.2) is 58.3 Å². The number of aromatic carboxylic acids is 1. The molecule has 1 aliphatic rings. The van der Waals surface area contributed by atoms with Crippen LogP contribution in [0.1, 0.15) is 46.1 Å². The van der Waals surface area contributed by atoms with Crippen LogP contribution in [0.2, 0.25) is 5.02 Å². The van der Waals surface area contributed by atoms with E-state index in [2.05, 4.69) is 16.5 Å². The van der Waals surface area contributed by atoms with Gasteiger partial charge in [0, 0.05) is 46.7 Å². The third-order valence-electron chi connectivity index (χ3n) is 6.86. The zero-order valence-electron chi connectivity index (χ0n) is 22.3. The predicted octanol–water partition coefficient (Wildman–Crippen LogP) is 6.62. The van der Waals surface area contributed by atoms with Crippen molar-refractivity contribution in [3.8, 4) is 5.88 Å². The Hall–Kier alpha value is -3.70. The van der Waals surface area contributed by atoms with Crippen molar-refractivity contribution in [2.75, 3.05) is 31.1 Å². The summed E-state index contributed by atoms with van der Waals surface area (Å²) in [6.45, 7) is 5.49. The molecular formula is C29H29ClF4N4O3. The molecule has 41 heavy (non-hydrogen) atoms. The van der Waals surface area contributed by atoms with Crippen molar-refractivity contribution in [3.05, 3.63) is 94.3 Å². The number of alkyl halides is 3. The van der Waals surface area contributed by atoms with E-state index in [0.717, 1.165) is 16.8 Å². The average molecular weight is 593 g/mol. The van der Waals surface area contributed by atoms with Crippen LogP contribution in [0.3, 0.4) is 0 Å². The third-order valence-corrected chi connectivity index (χ3v) is 7.10. The number of piperidine rings is 1. The largest absolute Gasteiger partial charge is 0.478 e. The van der Waals surface area contributed by atoms with Gasteiger partial charge in [-0.15, -0.1) is 0 Å². The minimum absolute atomic E-state index is 0.00119. The van der Waals surface area contributed by atoms with Gasteiger partial charge in [-0.2, -0.15) is 13.2 Å². The van der Waals surface area contributed by atoms with Gasteiger partial charge < -0.3 is 14.7 Å². The van der Waals surface area contributed by atoms with Crippen LogP contribution in [-0.2, 0) is 6.61 Å². The molecule has 2 aromatic heterocycles. The fourth-order valence-electron chi connectivity index (χ4n) is 4.72.